The lowest BCUT2D eigenvalue weighted by atomic mass is 9.49. The number of fused-ring (bicyclic) bond motifs is 2. The number of rotatable bonds is 8. The topological polar surface area (TPSA) is 165 Å². The van der Waals surface area contributed by atoms with Crippen LogP contribution in [0.25, 0.3) is 0 Å². The average Bonchev–Trinajstić information content (AvgIpc) is 3.70. The minimum Gasteiger partial charge on any atom is -0.488 e. The van der Waals surface area contributed by atoms with Crippen molar-refractivity contribution in [2.45, 2.75) is 90.8 Å². The summed E-state index contributed by atoms with van der Waals surface area (Å²) in [4.78, 5) is 73.5. The van der Waals surface area contributed by atoms with Gasteiger partial charge >= 0.3 is 6.18 Å². The van der Waals surface area contributed by atoms with Gasteiger partial charge in [0.1, 0.15) is 24.0 Å². The molecule has 1 aliphatic carbocycles. The van der Waals surface area contributed by atoms with Crippen LogP contribution in [0.1, 0.15) is 107 Å². The molecule has 8 rings (SSSR count). The summed E-state index contributed by atoms with van der Waals surface area (Å²) in [6.07, 6.45) is -2.08. The average molecular weight is 812 g/mol. The Balaban J connectivity index is 0.825. The molecule has 13 nitrogen and oxygen atoms in total. The van der Waals surface area contributed by atoms with Crippen molar-refractivity contribution < 1.29 is 41.9 Å². The summed E-state index contributed by atoms with van der Waals surface area (Å²) in [5, 5.41) is 14.5. The summed E-state index contributed by atoms with van der Waals surface area (Å²) >= 11 is 0. The fourth-order valence-corrected chi connectivity index (χ4v) is 10.1. The maximum atomic E-state index is 13.6. The van der Waals surface area contributed by atoms with Gasteiger partial charge in [0.05, 0.1) is 22.9 Å². The Morgan fingerprint density at radius 3 is 2.12 bits per heavy atom. The lowest BCUT2D eigenvalue weighted by Crippen LogP contribution is -2.74. The predicted octanol–water partition coefficient (Wildman–Crippen LogP) is 5.22. The molecule has 1 saturated carbocycles. The van der Waals surface area contributed by atoms with E-state index in [9.17, 15) is 37.1 Å². The van der Waals surface area contributed by atoms with Gasteiger partial charge in [0.25, 0.3) is 17.7 Å². The van der Waals surface area contributed by atoms with E-state index in [1.54, 1.807) is 24.3 Å². The zero-order valence-electron chi connectivity index (χ0n) is 33.1. The number of nitriles is 1. The first kappa shape index (κ1) is 40.0. The van der Waals surface area contributed by atoms with E-state index in [4.69, 9.17) is 10.00 Å². The molecular weight excluding hydrogens is 768 g/mol. The molecule has 4 aliphatic heterocycles. The van der Waals surface area contributed by atoms with Crippen LogP contribution in [0.4, 0.5) is 18.9 Å². The third kappa shape index (κ3) is 7.08. The van der Waals surface area contributed by atoms with Crippen LogP contribution in [0.5, 0.6) is 5.75 Å². The van der Waals surface area contributed by atoms with Crippen molar-refractivity contribution in [2.75, 3.05) is 24.5 Å². The summed E-state index contributed by atoms with van der Waals surface area (Å²) in [5.74, 6) is -1.95. The summed E-state index contributed by atoms with van der Waals surface area (Å²) in [5.41, 5.74) is 0.922. The zero-order valence-corrected chi connectivity index (χ0v) is 33.1. The molecule has 59 heavy (non-hydrogen) atoms. The number of imide groups is 2. The van der Waals surface area contributed by atoms with Gasteiger partial charge in [-0.3, -0.25) is 39.1 Å². The van der Waals surface area contributed by atoms with Gasteiger partial charge in [-0.25, -0.2) is 4.98 Å². The Morgan fingerprint density at radius 2 is 1.56 bits per heavy atom. The number of aromatic nitrogens is 1. The van der Waals surface area contributed by atoms with Crippen LogP contribution in [0.2, 0.25) is 0 Å². The second-order valence-electron chi connectivity index (χ2n) is 17.5. The Bertz CT molecular complexity index is 2250. The predicted molar refractivity (Wildman–Crippen MR) is 206 cm³/mol. The molecule has 2 saturated heterocycles. The number of hydrogen-bond donors (Lipinski definition) is 2. The minimum atomic E-state index is -4.76. The molecule has 0 spiro atoms. The van der Waals surface area contributed by atoms with Crippen LogP contribution in [-0.4, -0.2) is 82.1 Å². The Hall–Kier alpha value is -5.82. The van der Waals surface area contributed by atoms with Gasteiger partial charge in [-0.05, 0) is 78.8 Å². The van der Waals surface area contributed by atoms with Crippen LogP contribution >= 0.6 is 0 Å². The normalized spacial score (nSPS) is 23.9. The molecule has 0 radical (unpaired) electrons. The lowest BCUT2D eigenvalue weighted by Gasteiger charge is -2.63. The fraction of sp³-hybridized carbons (Fsp3) is 0.465. The largest absolute Gasteiger partial charge is 0.488 e. The number of halogens is 3. The van der Waals surface area contributed by atoms with E-state index < -0.39 is 64.0 Å². The Labute approximate surface area is 338 Å². The first-order valence-corrected chi connectivity index (χ1v) is 19.8. The first-order chi connectivity index (χ1) is 27.9. The highest BCUT2D eigenvalue weighted by atomic mass is 19.4. The number of anilines is 1. The van der Waals surface area contributed by atoms with E-state index >= 15 is 0 Å². The van der Waals surface area contributed by atoms with Crippen molar-refractivity contribution in [3.05, 3.63) is 87.7 Å². The molecule has 1 atom stereocenters. The highest BCUT2D eigenvalue weighted by Crippen LogP contribution is 2.55. The number of carbonyl (C=O) groups excluding carboxylic acids is 5. The van der Waals surface area contributed by atoms with Crippen LogP contribution in [-0.2, 0) is 28.9 Å². The number of piperidine rings is 2. The van der Waals surface area contributed by atoms with Gasteiger partial charge in [0, 0.05) is 67.3 Å². The number of amides is 5. The number of alkyl halides is 3. The van der Waals surface area contributed by atoms with E-state index in [1.807, 2.05) is 39.8 Å². The highest BCUT2D eigenvalue weighted by Gasteiger charge is 2.64. The summed E-state index contributed by atoms with van der Waals surface area (Å²) < 4.78 is 46.7. The number of nitrogens with one attached hydrogen (secondary N) is 2. The van der Waals surface area contributed by atoms with Gasteiger partial charge in [0.2, 0.25) is 11.8 Å². The smallest absolute Gasteiger partial charge is 0.419 e. The first-order valence-electron chi connectivity index (χ1n) is 19.8. The number of benzene rings is 2. The van der Waals surface area contributed by atoms with Gasteiger partial charge in [-0.15, -0.1) is 0 Å². The van der Waals surface area contributed by atoms with Gasteiger partial charge in [0.15, 0.2) is 5.69 Å². The van der Waals surface area contributed by atoms with Gasteiger partial charge < -0.3 is 15.0 Å². The highest BCUT2D eigenvalue weighted by molar-refractivity contribution is 6.23. The van der Waals surface area contributed by atoms with Crippen molar-refractivity contribution in [2.24, 2.45) is 16.7 Å². The molecule has 308 valence electrons. The van der Waals surface area contributed by atoms with Crippen molar-refractivity contribution in [3.8, 4) is 11.8 Å². The van der Waals surface area contributed by atoms with E-state index in [0.717, 1.165) is 66.5 Å². The number of hydrogen-bond acceptors (Lipinski definition) is 10. The van der Waals surface area contributed by atoms with Crippen LogP contribution < -0.4 is 20.3 Å². The molecule has 0 bridgehead atoms. The quantitative estimate of drug-likeness (QED) is 0.289. The molecule has 5 amide bonds. The maximum absolute atomic E-state index is 13.6. The molecular formula is C43H44F3N7O6. The Morgan fingerprint density at radius 1 is 0.949 bits per heavy atom. The molecule has 5 aliphatic rings. The molecule has 1 aromatic heterocycles. The van der Waals surface area contributed by atoms with E-state index in [2.05, 4.69) is 25.4 Å². The van der Waals surface area contributed by atoms with Crippen molar-refractivity contribution in [1.29, 1.82) is 5.26 Å². The van der Waals surface area contributed by atoms with Gasteiger partial charge in [-0.2, -0.15) is 18.4 Å². The maximum Gasteiger partial charge on any atom is 0.419 e. The Kier molecular flexibility index (Phi) is 9.81. The van der Waals surface area contributed by atoms with E-state index in [-0.39, 0.29) is 30.5 Å². The summed E-state index contributed by atoms with van der Waals surface area (Å²) in [6.45, 7) is 11.4. The number of carbonyl (C=O) groups is 5. The summed E-state index contributed by atoms with van der Waals surface area (Å²) in [7, 11) is 0. The van der Waals surface area contributed by atoms with E-state index in [0.29, 0.717) is 35.7 Å². The standard InChI is InChI=1S/C43H44F3N7O6/c1-41(2)39(42(3,4)40(41)59-28-17-31(43(44,45)46)32(18-47)48-19-28)50-35(55)24-5-7-27(8-6-24)52-13-11-23(12-14-52)20-51-21-25-15-29-30(16-26(25)22-51)38(58)53(37(29)57)33-9-10-34(54)49-36(33)56/h5-8,15-17,19,23,33,39-40H,9-14,20-22H2,1-4H3,(H,50,55)(H,49,54,56)/t33?,39-,40-. The van der Waals surface area contributed by atoms with Gasteiger partial charge in [-0.1, -0.05) is 27.7 Å². The molecule has 3 aromatic rings. The van der Waals surface area contributed by atoms with E-state index in [1.165, 1.54) is 6.07 Å². The third-order valence-corrected chi connectivity index (χ3v) is 12.8. The van der Waals surface area contributed by atoms with Crippen molar-refractivity contribution >= 4 is 35.2 Å². The third-order valence-electron chi connectivity index (χ3n) is 12.8. The summed E-state index contributed by atoms with van der Waals surface area (Å²) in [6, 6.07) is 12.0. The number of ether oxygens (including phenoxy) is 1. The number of nitrogens with zero attached hydrogens (tertiary/aromatic N) is 5. The van der Waals surface area contributed by atoms with Crippen LogP contribution in [0.15, 0.2) is 48.7 Å². The molecule has 2 N–H and O–H groups in total. The van der Waals surface area contributed by atoms with Crippen LogP contribution in [0.3, 0.4) is 0 Å². The van der Waals surface area contributed by atoms with Crippen molar-refractivity contribution in [3.63, 3.8) is 0 Å². The molecule has 16 heteroatoms. The monoisotopic (exact) mass is 811 g/mol. The fourth-order valence-electron chi connectivity index (χ4n) is 10.1. The number of pyridine rings is 1. The molecule has 5 heterocycles. The lowest BCUT2D eigenvalue weighted by molar-refractivity contribution is -0.165. The molecule has 2 aromatic carbocycles. The van der Waals surface area contributed by atoms with Crippen LogP contribution in [0, 0.1) is 28.1 Å². The second kappa shape index (κ2) is 14.5. The zero-order chi connectivity index (χ0) is 42.2. The molecule has 3 fully saturated rings. The molecule has 1 unspecified atom stereocenters. The second-order valence-corrected chi connectivity index (χ2v) is 17.5. The SMILES string of the molecule is CC1(C)[C@H](NC(=O)c2ccc(N3CCC(CN4Cc5cc6c(cc5C4)C(=O)N(C4CCC(=O)NC4=O)C6=O)CC3)cc2)C(C)(C)[C@H]1Oc1cnc(C#N)c(C(F)(F)F)c1. The minimum absolute atomic E-state index is 0.0741. The van der Waals surface area contributed by atoms with Crippen molar-refractivity contribution in [1.82, 2.24) is 25.4 Å².